The third kappa shape index (κ3) is 5.23. The van der Waals surface area contributed by atoms with Crippen molar-refractivity contribution < 1.29 is 23.8 Å². The summed E-state index contributed by atoms with van der Waals surface area (Å²) in [4.78, 5) is 23.8. The molecule has 0 aromatic heterocycles. The number of anilines is 1. The highest BCUT2D eigenvalue weighted by Gasteiger charge is 2.12. The molecule has 0 atom stereocenters. The van der Waals surface area contributed by atoms with E-state index in [1.54, 1.807) is 43.3 Å². The van der Waals surface area contributed by atoms with Crippen LogP contribution in [-0.2, 0) is 4.79 Å². The van der Waals surface area contributed by atoms with Gasteiger partial charge in [-0.15, -0.1) is 0 Å². The molecule has 0 bridgehead atoms. The number of hydrazone groups is 1. The maximum atomic E-state index is 12.3. The second-order valence-electron chi connectivity index (χ2n) is 5.64. The molecule has 28 heavy (non-hydrogen) atoms. The van der Waals surface area contributed by atoms with Crippen molar-refractivity contribution in [2.75, 3.05) is 26.6 Å². The van der Waals surface area contributed by atoms with Gasteiger partial charge < -0.3 is 19.5 Å². The number of nitrogens with zero attached hydrogens (tertiary/aromatic N) is 1. The van der Waals surface area contributed by atoms with Crippen LogP contribution in [0.15, 0.2) is 41.5 Å². The van der Waals surface area contributed by atoms with Crippen molar-refractivity contribution >= 4 is 23.7 Å². The van der Waals surface area contributed by atoms with E-state index in [0.717, 1.165) is 0 Å². The summed E-state index contributed by atoms with van der Waals surface area (Å²) in [6.45, 7) is 1.75. The third-order valence-electron chi connectivity index (χ3n) is 3.80. The lowest BCUT2D eigenvalue weighted by molar-refractivity contribution is -0.115. The second-order valence-corrected chi connectivity index (χ2v) is 5.64. The van der Waals surface area contributed by atoms with Gasteiger partial charge in [-0.25, -0.2) is 5.43 Å². The lowest BCUT2D eigenvalue weighted by Gasteiger charge is -2.12. The van der Waals surface area contributed by atoms with Gasteiger partial charge >= 0.3 is 0 Å². The Balaban J connectivity index is 2.11. The summed E-state index contributed by atoms with van der Waals surface area (Å²) in [5, 5.41) is 6.68. The zero-order valence-corrected chi connectivity index (χ0v) is 16.2. The average molecular weight is 385 g/mol. The van der Waals surface area contributed by atoms with Gasteiger partial charge in [0.15, 0.2) is 11.5 Å². The minimum Gasteiger partial charge on any atom is -0.493 e. The monoisotopic (exact) mass is 385 g/mol. The fourth-order valence-electron chi connectivity index (χ4n) is 2.39. The van der Waals surface area contributed by atoms with Crippen molar-refractivity contribution in [3.63, 3.8) is 0 Å². The lowest BCUT2D eigenvalue weighted by atomic mass is 10.2. The Morgan fingerprint density at radius 1 is 1.04 bits per heavy atom. The Kier molecular flexibility index (Phi) is 7.38. The topological polar surface area (TPSA) is 98.3 Å². The van der Waals surface area contributed by atoms with Crippen molar-refractivity contribution in [2.45, 2.75) is 13.3 Å². The van der Waals surface area contributed by atoms with Crippen LogP contribution in [0.5, 0.6) is 17.2 Å². The van der Waals surface area contributed by atoms with Crippen LogP contribution in [0, 0.1) is 0 Å². The fraction of sp³-hybridized carbons (Fsp3) is 0.250. The van der Waals surface area contributed by atoms with Crippen LogP contribution in [0.3, 0.4) is 0 Å². The van der Waals surface area contributed by atoms with Crippen molar-refractivity contribution in [2.24, 2.45) is 5.10 Å². The van der Waals surface area contributed by atoms with Gasteiger partial charge in [0.05, 0.1) is 27.5 Å². The molecule has 0 saturated heterocycles. The summed E-state index contributed by atoms with van der Waals surface area (Å²) < 4.78 is 15.8. The minimum atomic E-state index is -0.406. The number of amides is 2. The molecule has 148 valence electrons. The Labute approximate surface area is 163 Å². The molecule has 0 aliphatic carbocycles. The Morgan fingerprint density at radius 2 is 1.71 bits per heavy atom. The smallest absolute Gasteiger partial charge is 0.271 e. The first kappa shape index (κ1) is 20.8. The normalized spacial score (nSPS) is 10.4. The number of methoxy groups -OCH3 is 3. The number of carbonyl (C=O) groups is 2. The van der Waals surface area contributed by atoms with Crippen molar-refractivity contribution in [1.82, 2.24) is 5.43 Å². The Morgan fingerprint density at radius 3 is 2.29 bits per heavy atom. The van der Waals surface area contributed by atoms with Crippen LogP contribution in [0.4, 0.5) is 5.69 Å². The van der Waals surface area contributed by atoms with E-state index in [0.29, 0.717) is 40.5 Å². The van der Waals surface area contributed by atoms with Gasteiger partial charge in [-0.3, -0.25) is 9.59 Å². The van der Waals surface area contributed by atoms with Crippen LogP contribution in [-0.4, -0.2) is 39.4 Å². The molecule has 8 heteroatoms. The quantitative estimate of drug-likeness (QED) is 0.538. The second kappa shape index (κ2) is 9.96. The van der Waals surface area contributed by atoms with E-state index >= 15 is 0 Å². The Hall–Kier alpha value is -3.55. The number of benzene rings is 2. The molecule has 0 aliphatic rings. The van der Waals surface area contributed by atoms with Crippen LogP contribution >= 0.6 is 0 Å². The van der Waals surface area contributed by atoms with E-state index in [-0.39, 0.29) is 5.91 Å². The van der Waals surface area contributed by atoms with Crippen LogP contribution < -0.4 is 25.0 Å². The number of hydrogen-bond acceptors (Lipinski definition) is 6. The highest BCUT2D eigenvalue weighted by Crippen LogP contribution is 2.37. The van der Waals surface area contributed by atoms with Crippen molar-refractivity contribution in [3.05, 3.63) is 47.5 Å². The van der Waals surface area contributed by atoms with Crippen LogP contribution in [0.1, 0.15) is 29.3 Å². The van der Waals surface area contributed by atoms with Gasteiger partial charge in [-0.2, -0.15) is 5.10 Å². The number of nitrogens with one attached hydrogen (secondary N) is 2. The SMILES string of the molecule is CCC(=O)Nc1cccc(C(=O)NN=Cc2cc(OC)c(OC)c(OC)c2)c1. The Bertz CT molecular complexity index is 855. The van der Waals surface area contributed by atoms with E-state index < -0.39 is 5.91 Å². The molecule has 0 saturated carbocycles. The van der Waals surface area contributed by atoms with Crippen LogP contribution in [0.25, 0.3) is 0 Å². The third-order valence-corrected chi connectivity index (χ3v) is 3.80. The molecule has 0 radical (unpaired) electrons. The summed E-state index contributed by atoms with van der Waals surface area (Å²) in [6, 6.07) is 10.0. The molecule has 8 nitrogen and oxygen atoms in total. The first-order chi connectivity index (χ1) is 13.5. The van der Waals surface area contributed by atoms with Gasteiger partial charge in [-0.05, 0) is 30.3 Å². The molecule has 2 N–H and O–H groups in total. The molecule has 0 spiro atoms. The number of carbonyl (C=O) groups excluding carboxylic acids is 2. The standard InChI is InChI=1S/C20H23N3O5/c1-5-18(24)22-15-8-6-7-14(11-15)20(25)23-21-12-13-9-16(26-2)19(28-4)17(10-13)27-3/h6-12H,5H2,1-4H3,(H,22,24)(H,23,25). The summed E-state index contributed by atoms with van der Waals surface area (Å²) in [6.07, 6.45) is 1.82. The van der Waals surface area contributed by atoms with E-state index in [9.17, 15) is 9.59 Å². The molecule has 0 unspecified atom stereocenters. The average Bonchev–Trinajstić information content (AvgIpc) is 2.72. The summed E-state index contributed by atoms with van der Waals surface area (Å²) in [5.41, 5.74) is 4.02. The fourth-order valence-corrected chi connectivity index (χ4v) is 2.39. The summed E-state index contributed by atoms with van der Waals surface area (Å²) in [5.74, 6) is 0.898. The first-order valence-corrected chi connectivity index (χ1v) is 8.55. The molecule has 2 amide bonds. The van der Waals surface area contributed by atoms with Gasteiger partial charge in [0.25, 0.3) is 5.91 Å². The zero-order chi connectivity index (χ0) is 20.5. The predicted molar refractivity (Wildman–Crippen MR) is 107 cm³/mol. The molecular formula is C20H23N3O5. The molecule has 2 aromatic carbocycles. The first-order valence-electron chi connectivity index (χ1n) is 8.55. The van der Waals surface area contributed by atoms with E-state index in [1.807, 2.05) is 0 Å². The molecule has 0 heterocycles. The summed E-state index contributed by atoms with van der Waals surface area (Å²) in [7, 11) is 4.56. The molecule has 2 aromatic rings. The number of hydrogen-bond donors (Lipinski definition) is 2. The zero-order valence-electron chi connectivity index (χ0n) is 16.2. The molecule has 2 rings (SSSR count). The maximum absolute atomic E-state index is 12.3. The predicted octanol–water partition coefficient (Wildman–Crippen LogP) is 2.82. The highest BCUT2D eigenvalue weighted by molar-refractivity contribution is 5.97. The largest absolute Gasteiger partial charge is 0.493 e. The molecular weight excluding hydrogens is 362 g/mol. The van der Waals surface area contributed by atoms with Gasteiger partial charge in [-0.1, -0.05) is 13.0 Å². The summed E-state index contributed by atoms with van der Waals surface area (Å²) >= 11 is 0. The van der Waals surface area contributed by atoms with E-state index in [2.05, 4.69) is 15.8 Å². The molecule has 0 fully saturated rings. The van der Waals surface area contributed by atoms with E-state index in [4.69, 9.17) is 14.2 Å². The van der Waals surface area contributed by atoms with Gasteiger partial charge in [0.1, 0.15) is 0 Å². The van der Waals surface area contributed by atoms with Gasteiger partial charge in [0, 0.05) is 23.2 Å². The molecule has 0 aliphatic heterocycles. The highest BCUT2D eigenvalue weighted by atomic mass is 16.5. The van der Waals surface area contributed by atoms with Crippen molar-refractivity contribution in [1.29, 1.82) is 0 Å². The van der Waals surface area contributed by atoms with Crippen LogP contribution in [0.2, 0.25) is 0 Å². The van der Waals surface area contributed by atoms with Crippen molar-refractivity contribution in [3.8, 4) is 17.2 Å². The lowest BCUT2D eigenvalue weighted by Crippen LogP contribution is -2.18. The minimum absolute atomic E-state index is 0.127. The number of rotatable bonds is 8. The maximum Gasteiger partial charge on any atom is 0.271 e. The van der Waals surface area contributed by atoms with E-state index in [1.165, 1.54) is 27.5 Å². The van der Waals surface area contributed by atoms with Gasteiger partial charge in [0.2, 0.25) is 11.7 Å². The number of ether oxygens (including phenoxy) is 3.